The smallest absolute Gasteiger partial charge is 0.242 e. The Bertz CT molecular complexity index is 624. The van der Waals surface area contributed by atoms with Crippen molar-refractivity contribution >= 4 is 31.6 Å². The summed E-state index contributed by atoms with van der Waals surface area (Å²) in [7, 11) is -3.84. The van der Waals surface area contributed by atoms with E-state index in [1.807, 2.05) is 0 Å². The molecule has 2 atom stereocenters. The van der Waals surface area contributed by atoms with E-state index >= 15 is 0 Å². The van der Waals surface area contributed by atoms with Crippen molar-refractivity contribution in [1.82, 2.24) is 4.72 Å². The van der Waals surface area contributed by atoms with Crippen LogP contribution in [0.4, 0.5) is 10.1 Å². The van der Waals surface area contributed by atoms with Gasteiger partial charge in [0.25, 0.3) is 0 Å². The number of hydrogen-bond donors (Lipinski definition) is 3. The minimum absolute atomic E-state index is 0.0368. The number of hydrogen-bond acceptors (Lipinski definition) is 4. The number of anilines is 1. The molecule has 0 amide bonds. The van der Waals surface area contributed by atoms with Gasteiger partial charge in [0.05, 0.1) is 16.3 Å². The van der Waals surface area contributed by atoms with E-state index in [-0.39, 0.29) is 27.5 Å². The predicted molar refractivity (Wildman–Crippen MR) is 81.7 cm³/mol. The molecule has 0 radical (unpaired) electrons. The van der Waals surface area contributed by atoms with Crippen molar-refractivity contribution in [2.45, 2.75) is 36.7 Å². The van der Waals surface area contributed by atoms with Gasteiger partial charge in [-0.25, -0.2) is 17.5 Å². The van der Waals surface area contributed by atoms with Crippen LogP contribution in [-0.2, 0) is 10.0 Å². The lowest BCUT2D eigenvalue weighted by Crippen LogP contribution is -2.36. The number of sulfonamides is 1. The average molecular weight is 381 g/mol. The molecule has 1 aliphatic carbocycles. The number of aliphatic hydroxyl groups excluding tert-OH is 1. The number of halogens is 2. The lowest BCUT2D eigenvalue weighted by molar-refractivity contribution is 0.0724. The predicted octanol–water partition coefficient (Wildman–Crippen LogP) is 2.00. The number of nitrogens with two attached hydrogens (primary N) is 1. The number of rotatable bonds is 4. The summed E-state index contributed by atoms with van der Waals surface area (Å²) in [5, 5.41) is 9.85. The lowest BCUT2D eigenvalue weighted by atomic mass is 9.87. The van der Waals surface area contributed by atoms with Gasteiger partial charge in [0.2, 0.25) is 10.0 Å². The zero-order valence-corrected chi connectivity index (χ0v) is 13.8. The third kappa shape index (κ3) is 3.94. The third-order valence-corrected chi connectivity index (χ3v) is 5.83. The maximum atomic E-state index is 13.3. The first kappa shape index (κ1) is 16.7. The second kappa shape index (κ2) is 6.60. The van der Waals surface area contributed by atoms with Crippen LogP contribution in [0.1, 0.15) is 25.7 Å². The van der Waals surface area contributed by atoms with Gasteiger partial charge in [-0.2, -0.15) is 0 Å². The molecule has 1 saturated carbocycles. The molecule has 4 N–H and O–H groups in total. The molecule has 1 aromatic carbocycles. The van der Waals surface area contributed by atoms with Crippen LogP contribution in [0.15, 0.2) is 21.5 Å². The highest BCUT2D eigenvalue weighted by atomic mass is 79.9. The second-order valence-corrected chi connectivity index (χ2v) is 7.86. The maximum absolute atomic E-state index is 13.3. The van der Waals surface area contributed by atoms with E-state index in [4.69, 9.17) is 5.73 Å². The molecule has 21 heavy (non-hydrogen) atoms. The molecule has 0 spiro atoms. The van der Waals surface area contributed by atoms with Gasteiger partial charge in [0.15, 0.2) is 0 Å². The second-order valence-electron chi connectivity index (χ2n) is 5.27. The SMILES string of the molecule is Nc1cc(F)c(Br)cc1S(=O)(=O)NCC1CCCCC1O. The molecule has 0 heterocycles. The van der Waals surface area contributed by atoms with Crippen molar-refractivity contribution in [2.75, 3.05) is 12.3 Å². The summed E-state index contributed by atoms with van der Waals surface area (Å²) in [5.41, 5.74) is 5.44. The monoisotopic (exact) mass is 380 g/mol. The molecule has 1 fully saturated rings. The topological polar surface area (TPSA) is 92.4 Å². The fourth-order valence-electron chi connectivity index (χ4n) is 2.50. The Hall–Kier alpha value is -0.700. The van der Waals surface area contributed by atoms with Crippen LogP contribution in [0, 0.1) is 11.7 Å². The van der Waals surface area contributed by atoms with Gasteiger partial charge in [-0.3, -0.25) is 0 Å². The normalized spacial score (nSPS) is 23.2. The molecule has 8 heteroatoms. The van der Waals surface area contributed by atoms with Crippen molar-refractivity contribution in [3.05, 3.63) is 22.4 Å². The van der Waals surface area contributed by atoms with E-state index in [2.05, 4.69) is 20.7 Å². The van der Waals surface area contributed by atoms with Crippen molar-refractivity contribution in [3.63, 3.8) is 0 Å². The van der Waals surface area contributed by atoms with Gasteiger partial charge in [0, 0.05) is 6.54 Å². The average Bonchev–Trinajstić information content (AvgIpc) is 2.42. The molecule has 5 nitrogen and oxygen atoms in total. The van der Waals surface area contributed by atoms with E-state index in [0.29, 0.717) is 6.42 Å². The Morgan fingerprint density at radius 1 is 1.38 bits per heavy atom. The van der Waals surface area contributed by atoms with Crippen LogP contribution in [0.2, 0.25) is 0 Å². The van der Waals surface area contributed by atoms with Crippen LogP contribution in [-0.4, -0.2) is 26.2 Å². The fourth-order valence-corrected chi connectivity index (χ4v) is 4.22. The first-order valence-electron chi connectivity index (χ1n) is 6.73. The molecular formula is C13H18BrFN2O3S. The van der Waals surface area contributed by atoms with E-state index in [1.165, 1.54) is 0 Å². The van der Waals surface area contributed by atoms with E-state index < -0.39 is 21.9 Å². The fraction of sp³-hybridized carbons (Fsp3) is 0.538. The maximum Gasteiger partial charge on any atom is 0.242 e. The summed E-state index contributed by atoms with van der Waals surface area (Å²) in [6.07, 6.45) is 2.93. The zero-order valence-electron chi connectivity index (χ0n) is 11.4. The van der Waals surface area contributed by atoms with Gasteiger partial charge >= 0.3 is 0 Å². The zero-order chi connectivity index (χ0) is 15.6. The largest absolute Gasteiger partial charge is 0.398 e. The third-order valence-electron chi connectivity index (χ3n) is 3.75. The lowest BCUT2D eigenvalue weighted by Gasteiger charge is -2.27. The van der Waals surface area contributed by atoms with E-state index in [1.54, 1.807) is 0 Å². The van der Waals surface area contributed by atoms with Crippen molar-refractivity contribution in [3.8, 4) is 0 Å². The van der Waals surface area contributed by atoms with E-state index in [9.17, 15) is 17.9 Å². The molecule has 0 aliphatic heterocycles. The van der Waals surface area contributed by atoms with Gasteiger partial charge in [0.1, 0.15) is 10.7 Å². The number of benzene rings is 1. The summed E-state index contributed by atoms with van der Waals surface area (Å²) < 4.78 is 40.3. The Labute approximate surface area is 131 Å². The standard InChI is InChI=1S/C13H18BrFN2O3S/c14-9-5-13(11(16)6-10(9)15)21(19,20)17-7-8-3-1-2-4-12(8)18/h5-6,8,12,17-18H,1-4,7,16H2. The van der Waals surface area contributed by atoms with Gasteiger partial charge < -0.3 is 10.8 Å². The molecule has 118 valence electrons. The van der Waals surface area contributed by atoms with Gasteiger partial charge in [-0.05, 0) is 46.8 Å². The number of nitrogens with one attached hydrogen (secondary N) is 1. The highest BCUT2D eigenvalue weighted by molar-refractivity contribution is 9.10. The van der Waals surface area contributed by atoms with Gasteiger partial charge in [-0.15, -0.1) is 0 Å². The van der Waals surface area contributed by atoms with Crippen molar-refractivity contribution in [1.29, 1.82) is 0 Å². The molecule has 2 rings (SSSR count). The first-order valence-corrected chi connectivity index (χ1v) is 9.01. The highest BCUT2D eigenvalue weighted by Gasteiger charge is 2.26. The highest BCUT2D eigenvalue weighted by Crippen LogP contribution is 2.27. The summed E-state index contributed by atoms with van der Waals surface area (Å²) in [6, 6.07) is 2.11. The van der Waals surface area contributed by atoms with Crippen molar-refractivity contribution < 1.29 is 17.9 Å². The Kier molecular flexibility index (Phi) is 5.24. The Morgan fingerprint density at radius 2 is 2.05 bits per heavy atom. The minimum atomic E-state index is -3.84. The van der Waals surface area contributed by atoms with Crippen LogP contribution in [0.5, 0.6) is 0 Å². The number of nitrogen functional groups attached to an aromatic ring is 1. The van der Waals surface area contributed by atoms with Crippen LogP contribution < -0.4 is 10.5 Å². The van der Waals surface area contributed by atoms with Crippen molar-refractivity contribution in [2.24, 2.45) is 5.92 Å². The molecular weight excluding hydrogens is 363 g/mol. The molecule has 1 aromatic rings. The molecule has 2 unspecified atom stereocenters. The molecule has 0 bridgehead atoms. The van der Waals surface area contributed by atoms with E-state index in [0.717, 1.165) is 31.4 Å². The summed E-state index contributed by atoms with van der Waals surface area (Å²) in [5.74, 6) is -0.715. The summed E-state index contributed by atoms with van der Waals surface area (Å²) in [4.78, 5) is -0.166. The van der Waals surface area contributed by atoms with Gasteiger partial charge in [-0.1, -0.05) is 12.8 Å². The Morgan fingerprint density at radius 3 is 2.71 bits per heavy atom. The van der Waals surface area contributed by atoms with Crippen LogP contribution in [0.3, 0.4) is 0 Å². The number of aliphatic hydroxyl groups is 1. The molecule has 1 aliphatic rings. The molecule has 0 aromatic heterocycles. The minimum Gasteiger partial charge on any atom is -0.398 e. The quantitative estimate of drug-likeness (QED) is 0.696. The van der Waals surface area contributed by atoms with Crippen LogP contribution >= 0.6 is 15.9 Å². The Balaban J connectivity index is 2.13. The van der Waals surface area contributed by atoms with Crippen LogP contribution in [0.25, 0.3) is 0 Å². The first-order chi connectivity index (χ1) is 9.81. The summed E-state index contributed by atoms with van der Waals surface area (Å²) >= 11 is 2.95. The summed E-state index contributed by atoms with van der Waals surface area (Å²) in [6.45, 7) is 0.151. The molecule has 0 saturated heterocycles.